The first-order valence-electron chi connectivity index (χ1n) is 6.64. The molecule has 1 aromatic heterocycles. The van der Waals surface area contributed by atoms with Crippen molar-refractivity contribution in [3.63, 3.8) is 0 Å². The third kappa shape index (κ3) is 1.62. The molecule has 1 atom stereocenters. The second-order valence-corrected chi connectivity index (χ2v) is 4.99. The minimum Gasteiger partial charge on any atom is -0.494 e. The maximum Gasteiger partial charge on any atom is 0.120 e. The molecule has 0 radical (unpaired) electrons. The Labute approximate surface area is 108 Å². The summed E-state index contributed by atoms with van der Waals surface area (Å²) >= 11 is 0. The predicted molar refractivity (Wildman–Crippen MR) is 74.3 cm³/mol. The maximum atomic E-state index is 5.61. The number of benzene rings is 1. The number of likely N-dealkylation sites (N-methyl/N-ethyl adjacent to an activating group) is 1. The van der Waals surface area contributed by atoms with Crippen LogP contribution in [0.5, 0.6) is 5.75 Å². The Morgan fingerprint density at radius 2 is 2.22 bits per heavy atom. The number of fused-ring (bicyclic) bond motifs is 3. The van der Waals surface area contributed by atoms with E-state index in [0.717, 1.165) is 25.2 Å². The van der Waals surface area contributed by atoms with Gasteiger partial charge >= 0.3 is 0 Å². The van der Waals surface area contributed by atoms with E-state index in [9.17, 15) is 0 Å². The highest BCUT2D eigenvalue weighted by Gasteiger charge is 2.26. The number of hydrogen-bond acceptors (Lipinski definition) is 2. The van der Waals surface area contributed by atoms with Gasteiger partial charge in [-0.25, -0.2) is 0 Å². The predicted octanol–water partition coefficient (Wildman–Crippen LogP) is 2.26. The van der Waals surface area contributed by atoms with Crippen molar-refractivity contribution in [2.24, 2.45) is 7.05 Å². The Hall–Kier alpha value is -1.48. The van der Waals surface area contributed by atoms with Crippen LogP contribution in [0, 0.1) is 0 Å². The highest BCUT2D eigenvalue weighted by Crippen LogP contribution is 2.34. The molecule has 0 aliphatic heterocycles. The smallest absolute Gasteiger partial charge is 0.120 e. The summed E-state index contributed by atoms with van der Waals surface area (Å²) in [5.74, 6) is 0.978. The highest BCUT2D eigenvalue weighted by atomic mass is 16.5. The molecule has 3 rings (SSSR count). The zero-order chi connectivity index (χ0) is 12.7. The van der Waals surface area contributed by atoms with Crippen LogP contribution in [0.3, 0.4) is 0 Å². The lowest BCUT2D eigenvalue weighted by molar-refractivity contribution is 0.340. The molecule has 0 amide bonds. The van der Waals surface area contributed by atoms with Crippen LogP contribution in [0.1, 0.15) is 18.2 Å². The van der Waals surface area contributed by atoms with Gasteiger partial charge in [0.2, 0.25) is 0 Å². The summed E-state index contributed by atoms with van der Waals surface area (Å²) in [4.78, 5) is 0. The minimum absolute atomic E-state index is 0.585. The van der Waals surface area contributed by atoms with Crippen LogP contribution in [-0.4, -0.2) is 24.3 Å². The van der Waals surface area contributed by atoms with Crippen LogP contribution in [-0.2, 0) is 19.9 Å². The van der Waals surface area contributed by atoms with Crippen molar-refractivity contribution in [3.8, 4) is 5.75 Å². The maximum absolute atomic E-state index is 5.61. The zero-order valence-electron chi connectivity index (χ0n) is 11.3. The van der Waals surface area contributed by atoms with Crippen molar-refractivity contribution in [1.82, 2.24) is 9.88 Å². The molecule has 96 valence electrons. The first-order chi connectivity index (χ1) is 8.74. The largest absolute Gasteiger partial charge is 0.494 e. The summed E-state index contributed by atoms with van der Waals surface area (Å²) in [6.07, 6.45) is 2.25. The number of rotatable bonds is 3. The molecule has 1 aliphatic carbocycles. The number of ether oxygens (including phenoxy) is 1. The molecule has 1 heterocycles. The summed E-state index contributed by atoms with van der Waals surface area (Å²) in [5, 5.41) is 4.74. The van der Waals surface area contributed by atoms with Crippen molar-refractivity contribution in [3.05, 3.63) is 29.5 Å². The van der Waals surface area contributed by atoms with E-state index in [2.05, 4.69) is 35.1 Å². The lowest BCUT2D eigenvalue weighted by Gasteiger charge is -2.09. The fourth-order valence-electron chi connectivity index (χ4n) is 3.05. The van der Waals surface area contributed by atoms with E-state index >= 15 is 0 Å². The van der Waals surface area contributed by atoms with Gasteiger partial charge in [-0.1, -0.05) is 0 Å². The molecule has 0 bridgehead atoms. The summed E-state index contributed by atoms with van der Waals surface area (Å²) < 4.78 is 7.94. The number of aromatic nitrogens is 1. The van der Waals surface area contributed by atoms with Crippen LogP contribution in [0.2, 0.25) is 0 Å². The third-order valence-electron chi connectivity index (χ3n) is 4.02. The first-order valence-corrected chi connectivity index (χ1v) is 6.64. The van der Waals surface area contributed by atoms with Gasteiger partial charge < -0.3 is 14.6 Å². The fourth-order valence-corrected chi connectivity index (χ4v) is 3.05. The molecule has 0 spiro atoms. The Balaban J connectivity index is 2.12. The SMILES string of the molecule is CCOc1ccc2c(c1)c1c(n2C)CC(NC)C1. The highest BCUT2D eigenvalue weighted by molar-refractivity contribution is 5.87. The van der Waals surface area contributed by atoms with E-state index in [1.165, 1.54) is 22.2 Å². The summed E-state index contributed by atoms with van der Waals surface area (Å²) in [6.45, 7) is 2.75. The van der Waals surface area contributed by atoms with E-state index in [1.54, 1.807) is 0 Å². The Kier molecular flexibility index (Phi) is 2.78. The quantitative estimate of drug-likeness (QED) is 0.896. The minimum atomic E-state index is 0.585. The molecule has 1 unspecified atom stereocenters. The van der Waals surface area contributed by atoms with E-state index in [4.69, 9.17) is 4.74 Å². The topological polar surface area (TPSA) is 26.2 Å². The zero-order valence-corrected chi connectivity index (χ0v) is 11.3. The molecule has 1 aliphatic rings. The molecule has 1 N–H and O–H groups in total. The van der Waals surface area contributed by atoms with Gasteiger partial charge in [-0.3, -0.25) is 0 Å². The molecular weight excluding hydrogens is 224 g/mol. The van der Waals surface area contributed by atoms with Crippen molar-refractivity contribution in [2.75, 3.05) is 13.7 Å². The normalized spacial score (nSPS) is 18.3. The number of nitrogens with zero attached hydrogens (tertiary/aromatic N) is 1. The standard InChI is InChI=1S/C15H20N2O/c1-4-18-11-5-6-14-13(9-11)12-7-10(16-2)8-15(12)17(14)3/h5-6,9-10,16H,4,7-8H2,1-3H3. The van der Waals surface area contributed by atoms with E-state index in [1.807, 2.05) is 14.0 Å². The fraction of sp³-hybridized carbons (Fsp3) is 0.467. The number of hydrogen-bond donors (Lipinski definition) is 1. The van der Waals surface area contributed by atoms with Gasteiger partial charge in [0.1, 0.15) is 5.75 Å². The molecule has 3 heteroatoms. The van der Waals surface area contributed by atoms with Gasteiger partial charge in [0.15, 0.2) is 0 Å². The second-order valence-electron chi connectivity index (χ2n) is 4.99. The van der Waals surface area contributed by atoms with Crippen LogP contribution in [0.25, 0.3) is 10.9 Å². The van der Waals surface area contributed by atoms with Crippen LogP contribution in [0.4, 0.5) is 0 Å². The lowest BCUT2D eigenvalue weighted by Crippen LogP contribution is -2.25. The molecule has 1 aromatic carbocycles. The van der Waals surface area contributed by atoms with Crippen LogP contribution < -0.4 is 10.1 Å². The average molecular weight is 244 g/mol. The number of nitrogens with one attached hydrogen (secondary N) is 1. The second kappa shape index (κ2) is 4.32. The van der Waals surface area contributed by atoms with Gasteiger partial charge in [-0.05, 0) is 44.2 Å². The van der Waals surface area contributed by atoms with E-state index in [0.29, 0.717) is 6.04 Å². The van der Waals surface area contributed by atoms with Crippen LogP contribution in [0.15, 0.2) is 18.2 Å². The molecule has 0 fully saturated rings. The molecule has 2 aromatic rings. The molecule has 18 heavy (non-hydrogen) atoms. The van der Waals surface area contributed by atoms with Gasteiger partial charge in [-0.15, -0.1) is 0 Å². The first kappa shape index (κ1) is 11.6. The lowest BCUT2D eigenvalue weighted by atomic mass is 10.1. The Morgan fingerprint density at radius 3 is 2.94 bits per heavy atom. The van der Waals surface area contributed by atoms with Gasteiger partial charge in [0, 0.05) is 36.1 Å². The monoisotopic (exact) mass is 244 g/mol. The van der Waals surface area contributed by atoms with Crippen molar-refractivity contribution < 1.29 is 4.74 Å². The van der Waals surface area contributed by atoms with Crippen molar-refractivity contribution in [1.29, 1.82) is 0 Å². The summed E-state index contributed by atoms with van der Waals surface area (Å²) in [6, 6.07) is 7.01. The Morgan fingerprint density at radius 1 is 1.39 bits per heavy atom. The van der Waals surface area contributed by atoms with Gasteiger partial charge in [-0.2, -0.15) is 0 Å². The van der Waals surface area contributed by atoms with Gasteiger partial charge in [0.05, 0.1) is 6.61 Å². The van der Waals surface area contributed by atoms with E-state index in [-0.39, 0.29) is 0 Å². The molecule has 0 saturated heterocycles. The third-order valence-corrected chi connectivity index (χ3v) is 4.02. The summed E-state index contributed by atoms with van der Waals surface area (Å²) in [5.41, 5.74) is 4.28. The van der Waals surface area contributed by atoms with E-state index < -0.39 is 0 Å². The van der Waals surface area contributed by atoms with Crippen molar-refractivity contribution in [2.45, 2.75) is 25.8 Å². The molecular formula is C15H20N2O. The molecule has 3 nitrogen and oxygen atoms in total. The summed E-state index contributed by atoms with van der Waals surface area (Å²) in [7, 11) is 4.21. The van der Waals surface area contributed by atoms with Gasteiger partial charge in [0.25, 0.3) is 0 Å². The van der Waals surface area contributed by atoms with Crippen molar-refractivity contribution >= 4 is 10.9 Å². The van der Waals surface area contributed by atoms with Crippen LogP contribution >= 0.6 is 0 Å². The Bertz CT molecular complexity index is 586. The average Bonchev–Trinajstić information content (AvgIpc) is 2.91. The number of aryl methyl sites for hydroxylation is 1. The molecule has 0 saturated carbocycles.